The van der Waals surface area contributed by atoms with Crippen LogP contribution in [0.3, 0.4) is 0 Å². The standard InChI is InChI=1S/C15H23FN2O2/c1-18(10-5-2-6-12-19)11-9-15(20)17-14-8-4-3-7-13(14)16/h3-4,7-8,19H,2,5-6,9-12H2,1H3,(H,17,20). The quantitative estimate of drug-likeness (QED) is 0.683. The molecule has 0 atom stereocenters. The fourth-order valence-corrected chi connectivity index (χ4v) is 1.85. The molecular weight excluding hydrogens is 259 g/mol. The first kappa shape index (κ1) is 16.6. The number of carbonyl (C=O) groups excluding carboxylic acids is 1. The Morgan fingerprint density at radius 1 is 1.25 bits per heavy atom. The van der Waals surface area contributed by atoms with E-state index in [0.717, 1.165) is 25.8 Å². The van der Waals surface area contributed by atoms with Gasteiger partial charge in [-0.1, -0.05) is 12.1 Å². The van der Waals surface area contributed by atoms with Crippen LogP contribution < -0.4 is 5.32 Å². The molecule has 0 fully saturated rings. The molecule has 20 heavy (non-hydrogen) atoms. The van der Waals surface area contributed by atoms with Crippen molar-refractivity contribution in [3.05, 3.63) is 30.1 Å². The van der Waals surface area contributed by atoms with Gasteiger partial charge in [0.15, 0.2) is 0 Å². The van der Waals surface area contributed by atoms with Gasteiger partial charge in [0, 0.05) is 19.6 Å². The van der Waals surface area contributed by atoms with Gasteiger partial charge in [-0.2, -0.15) is 0 Å². The van der Waals surface area contributed by atoms with Crippen LogP contribution in [0.1, 0.15) is 25.7 Å². The van der Waals surface area contributed by atoms with Crippen LogP contribution in [0.2, 0.25) is 0 Å². The second kappa shape index (κ2) is 9.44. The third kappa shape index (κ3) is 6.63. The third-order valence-electron chi connectivity index (χ3n) is 3.07. The van der Waals surface area contributed by atoms with Gasteiger partial charge in [-0.05, 0) is 45.0 Å². The number of hydrogen-bond donors (Lipinski definition) is 2. The summed E-state index contributed by atoms with van der Waals surface area (Å²) in [4.78, 5) is 13.8. The summed E-state index contributed by atoms with van der Waals surface area (Å²) in [5.41, 5.74) is 0.225. The first-order valence-electron chi connectivity index (χ1n) is 6.97. The summed E-state index contributed by atoms with van der Waals surface area (Å²) in [6, 6.07) is 6.14. The van der Waals surface area contributed by atoms with Gasteiger partial charge in [0.2, 0.25) is 5.91 Å². The van der Waals surface area contributed by atoms with Crippen molar-refractivity contribution in [3.8, 4) is 0 Å². The van der Waals surface area contributed by atoms with E-state index in [9.17, 15) is 9.18 Å². The number of carbonyl (C=O) groups is 1. The summed E-state index contributed by atoms with van der Waals surface area (Å²) in [7, 11) is 1.95. The van der Waals surface area contributed by atoms with E-state index in [-0.39, 0.29) is 18.2 Å². The van der Waals surface area contributed by atoms with E-state index >= 15 is 0 Å². The smallest absolute Gasteiger partial charge is 0.225 e. The molecule has 0 aliphatic rings. The maximum Gasteiger partial charge on any atom is 0.225 e. The summed E-state index contributed by atoms with van der Waals surface area (Å²) in [6.45, 7) is 1.77. The highest BCUT2D eigenvalue weighted by atomic mass is 19.1. The molecule has 0 radical (unpaired) electrons. The van der Waals surface area contributed by atoms with Crippen LogP contribution in [-0.2, 0) is 4.79 Å². The van der Waals surface area contributed by atoms with Gasteiger partial charge in [-0.3, -0.25) is 4.79 Å². The molecule has 0 unspecified atom stereocenters. The summed E-state index contributed by atoms with van der Waals surface area (Å²) in [5.74, 6) is -0.601. The number of anilines is 1. The van der Waals surface area contributed by atoms with Crippen molar-refractivity contribution in [3.63, 3.8) is 0 Å². The molecule has 0 aliphatic heterocycles. The lowest BCUT2D eigenvalue weighted by Gasteiger charge is -2.16. The van der Waals surface area contributed by atoms with Crippen LogP contribution >= 0.6 is 0 Å². The predicted octanol–water partition coefficient (Wildman–Crippen LogP) is 2.25. The molecule has 0 heterocycles. The van der Waals surface area contributed by atoms with Gasteiger partial charge in [0.05, 0.1) is 5.69 Å². The van der Waals surface area contributed by atoms with Crippen molar-refractivity contribution < 1.29 is 14.3 Å². The maximum absolute atomic E-state index is 13.3. The summed E-state index contributed by atoms with van der Waals surface area (Å²) in [6.07, 6.45) is 3.15. The maximum atomic E-state index is 13.3. The van der Waals surface area contributed by atoms with Crippen LogP contribution in [0.25, 0.3) is 0 Å². The van der Waals surface area contributed by atoms with E-state index in [1.807, 2.05) is 7.05 Å². The first-order valence-corrected chi connectivity index (χ1v) is 6.97. The third-order valence-corrected chi connectivity index (χ3v) is 3.07. The summed E-state index contributed by atoms with van der Waals surface area (Å²) < 4.78 is 13.3. The minimum absolute atomic E-state index is 0.183. The molecule has 112 valence electrons. The fourth-order valence-electron chi connectivity index (χ4n) is 1.85. The molecule has 0 spiro atoms. The number of unbranched alkanes of at least 4 members (excludes halogenated alkanes) is 2. The zero-order valence-electron chi connectivity index (χ0n) is 11.9. The highest BCUT2D eigenvalue weighted by molar-refractivity contribution is 5.90. The lowest BCUT2D eigenvalue weighted by Crippen LogP contribution is -2.25. The molecule has 0 saturated carbocycles. The minimum Gasteiger partial charge on any atom is -0.396 e. The zero-order valence-corrected chi connectivity index (χ0v) is 11.9. The molecule has 2 N–H and O–H groups in total. The minimum atomic E-state index is -0.418. The second-order valence-electron chi connectivity index (χ2n) is 4.87. The Kier molecular flexibility index (Phi) is 7.84. The number of amides is 1. The molecular formula is C15H23FN2O2. The number of nitrogens with one attached hydrogen (secondary N) is 1. The molecule has 0 saturated heterocycles. The first-order chi connectivity index (χ1) is 9.63. The molecule has 1 amide bonds. The highest BCUT2D eigenvalue weighted by Gasteiger charge is 2.07. The van der Waals surface area contributed by atoms with E-state index in [4.69, 9.17) is 5.11 Å². The van der Waals surface area contributed by atoms with E-state index in [2.05, 4.69) is 10.2 Å². The largest absolute Gasteiger partial charge is 0.396 e. The van der Waals surface area contributed by atoms with E-state index < -0.39 is 5.82 Å². The van der Waals surface area contributed by atoms with E-state index in [1.165, 1.54) is 6.07 Å². The van der Waals surface area contributed by atoms with Crippen molar-refractivity contribution in [2.75, 3.05) is 32.1 Å². The lowest BCUT2D eigenvalue weighted by atomic mass is 10.2. The Hall–Kier alpha value is -1.46. The van der Waals surface area contributed by atoms with E-state index in [0.29, 0.717) is 13.0 Å². The number of halogens is 1. The molecule has 4 nitrogen and oxygen atoms in total. The van der Waals surface area contributed by atoms with Gasteiger partial charge in [-0.15, -0.1) is 0 Å². The normalized spacial score (nSPS) is 10.8. The predicted molar refractivity (Wildman–Crippen MR) is 78.1 cm³/mol. The van der Waals surface area contributed by atoms with Crippen molar-refractivity contribution in [2.24, 2.45) is 0 Å². The van der Waals surface area contributed by atoms with Crippen LogP contribution in [0.5, 0.6) is 0 Å². The Morgan fingerprint density at radius 2 is 2.00 bits per heavy atom. The number of aliphatic hydroxyl groups excluding tert-OH is 1. The fraction of sp³-hybridized carbons (Fsp3) is 0.533. The molecule has 0 aromatic heterocycles. The number of benzene rings is 1. The second-order valence-corrected chi connectivity index (χ2v) is 4.87. The molecule has 0 aliphatic carbocycles. The molecule has 1 rings (SSSR count). The number of para-hydroxylation sites is 1. The van der Waals surface area contributed by atoms with Crippen LogP contribution in [-0.4, -0.2) is 42.7 Å². The van der Waals surface area contributed by atoms with Gasteiger partial charge in [0.25, 0.3) is 0 Å². The van der Waals surface area contributed by atoms with Crippen molar-refractivity contribution >= 4 is 11.6 Å². The van der Waals surface area contributed by atoms with Crippen LogP contribution in [0.15, 0.2) is 24.3 Å². The SMILES string of the molecule is CN(CCCCCO)CCC(=O)Nc1ccccc1F. The highest BCUT2D eigenvalue weighted by Crippen LogP contribution is 2.12. The topological polar surface area (TPSA) is 52.6 Å². The van der Waals surface area contributed by atoms with Crippen LogP contribution in [0.4, 0.5) is 10.1 Å². The molecule has 0 bridgehead atoms. The number of hydrogen-bond acceptors (Lipinski definition) is 3. The van der Waals surface area contributed by atoms with Gasteiger partial charge < -0.3 is 15.3 Å². The molecule has 5 heteroatoms. The zero-order chi connectivity index (χ0) is 14.8. The Labute approximate surface area is 119 Å². The van der Waals surface area contributed by atoms with Crippen molar-refractivity contribution in [1.29, 1.82) is 0 Å². The van der Waals surface area contributed by atoms with Crippen molar-refractivity contribution in [2.45, 2.75) is 25.7 Å². The summed E-state index contributed by atoms with van der Waals surface area (Å²) in [5, 5.41) is 11.2. The number of nitrogens with zero attached hydrogens (tertiary/aromatic N) is 1. The molecule has 1 aromatic carbocycles. The number of rotatable bonds is 9. The Morgan fingerprint density at radius 3 is 2.70 bits per heavy atom. The van der Waals surface area contributed by atoms with Gasteiger partial charge in [0.1, 0.15) is 5.82 Å². The monoisotopic (exact) mass is 282 g/mol. The Bertz CT molecular complexity index is 413. The number of aliphatic hydroxyl groups is 1. The average Bonchev–Trinajstić information content (AvgIpc) is 2.44. The van der Waals surface area contributed by atoms with Gasteiger partial charge >= 0.3 is 0 Å². The van der Waals surface area contributed by atoms with Crippen molar-refractivity contribution in [1.82, 2.24) is 4.90 Å². The lowest BCUT2D eigenvalue weighted by molar-refractivity contribution is -0.116. The van der Waals surface area contributed by atoms with Gasteiger partial charge in [-0.25, -0.2) is 4.39 Å². The summed E-state index contributed by atoms with van der Waals surface area (Å²) >= 11 is 0. The average molecular weight is 282 g/mol. The van der Waals surface area contributed by atoms with E-state index in [1.54, 1.807) is 18.2 Å². The molecule has 1 aromatic rings. The Balaban J connectivity index is 2.21. The van der Waals surface area contributed by atoms with Crippen LogP contribution in [0, 0.1) is 5.82 Å².